The summed E-state index contributed by atoms with van der Waals surface area (Å²) in [7, 11) is 0. The monoisotopic (exact) mass is 482 g/mol. The van der Waals surface area contributed by atoms with E-state index in [4.69, 9.17) is 18.9 Å². The van der Waals surface area contributed by atoms with E-state index in [9.17, 15) is 19.2 Å². The van der Waals surface area contributed by atoms with Gasteiger partial charge in [-0.1, -0.05) is 65.2 Å². The third-order valence-corrected chi connectivity index (χ3v) is 4.72. The number of esters is 4. The van der Waals surface area contributed by atoms with E-state index in [2.05, 4.69) is 0 Å². The maximum absolute atomic E-state index is 11.5. The predicted octanol–water partition coefficient (Wildman–Crippen LogP) is 4.99. The number of rotatable bonds is 21. The second-order valence-corrected chi connectivity index (χ2v) is 7.87. The van der Waals surface area contributed by atoms with E-state index in [0.29, 0.717) is 26.4 Å². The zero-order chi connectivity index (χ0) is 25.3. The van der Waals surface area contributed by atoms with Gasteiger partial charge in [-0.05, 0) is 25.7 Å². The van der Waals surface area contributed by atoms with E-state index >= 15 is 0 Å². The normalized spacial score (nSPS) is 11.0. The highest BCUT2D eigenvalue weighted by Gasteiger charge is 2.02. The lowest BCUT2D eigenvalue weighted by Crippen LogP contribution is -2.06. The minimum Gasteiger partial charge on any atom is -0.463 e. The molecule has 0 heterocycles. The first-order valence-electron chi connectivity index (χ1n) is 12.5. The molecule has 0 atom stereocenters. The summed E-state index contributed by atoms with van der Waals surface area (Å²) in [6, 6.07) is 0. The molecule has 0 bridgehead atoms. The summed E-state index contributed by atoms with van der Waals surface area (Å²) in [5, 5.41) is 0. The minimum atomic E-state index is -0.532. The Labute approximate surface area is 204 Å². The van der Waals surface area contributed by atoms with Crippen molar-refractivity contribution in [3.63, 3.8) is 0 Å². The van der Waals surface area contributed by atoms with Gasteiger partial charge < -0.3 is 18.9 Å². The van der Waals surface area contributed by atoms with Crippen LogP contribution in [0.2, 0.25) is 0 Å². The Balaban J connectivity index is 3.49. The molecule has 0 aliphatic rings. The van der Waals surface area contributed by atoms with Gasteiger partial charge in [0.25, 0.3) is 0 Å². The second-order valence-electron chi connectivity index (χ2n) is 7.87. The Morgan fingerprint density at radius 1 is 0.412 bits per heavy atom. The van der Waals surface area contributed by atoms with Crippen molar-refractivity contribution < 1.29 is 38.1 Å². The molecule has 194 valence electrons. The van der Waals surface area contributed by atoms with E-state index in [-0.39, 0.29) is 0 Å². The van der Waals surface area contributed by atoms with Gasteiger partial charge in [-0.15, -0.1) is 0 Å². The number of hydrogen-bond acceptors (Lipinski definition) is 8. The van der Waals surface area contributed by atoms with Crippen LogP contribution in [0.1, 0.15) is 90.9 Å². The summed E-state index contributed by atoms with van der Waals surface area (Å²) in [6.45, 7) is 5.40. The van der Waals surface area contributed by atoms with E-state index < -0.39 is 23.9 Å². The number of unbranched alkanes of at least 4 members (excludes halogenated alkanes) is 9. The van der Waals surface area contributed by atoms with Crippen LogP contribution in [0.3, 0.4) is 0 Å². The highest BCUT2D eigenvalue weighted by Crippen LogP contribution is 2.09. The number of hydrogen-bond donors (Lipinski definition) is 0. The number of carbonyl (C=O) groups excluding carboxylic acids is 4. The van der Waals surface area contributed by atoms with E-state index in [1.807, 2.05) is 13.8 Å². The van der Waals surface area contributed by atoms with Gasteiger partial charge in [0.1, 0.15) is 0 Å². The van der Waals surface area contributed by atoms with Crippen molar-refractivity contribution in [2.75, 3.05) is 26.4 Å². The molecule has 0 aromatic heterocycles. The zero-order valence-electron chi connectivity index (χ0n) is 20.9. The summed E-state index contributed by atoms with van der Waals surface area (Å²) >= 11 is 0. The third kappa shape index (κ3) is 22.6. The molecular weight excluding hydrogens is 440 g/mol. The van der Waals surface area contributed by atoms with Crippen LogP contribution in [-0.2, 0) is 38.1 Å². The van der Waals surface area contributed by atoms with Gasteiger partial charge in [0, 0.05) is 24.3 Å². The van der Waals surface area contributed by atoms with Crippen molar-refractivity contribution in [3.8, 4) is 0 Å². The van der Waals surface area contributed by atoms with Gasteiger partial charge >= 0.3 is 23.9 Å². The first-order chi connectivity index (χ1) is 16.5. The fraction of sp³-hybridized carbons (Fsp3) is 0.692. The maximum Gasteiger partial charge on any atom is 0.331 e. The van der Waals surface area contributed by atoms with Crippen LogP contribution in [0.15, 0.2) is 24.3 Å². The molecule has 0 aromatic rings. The quantitative estimate of drug-likeness (QED) is 0.0975. The smallest absolute Gasteiger partial charge is 0.331 e. The average molecular weight is 483 g/mol. The fourth-order valence-corrected chi connectivity index (χ4v) is 2.71. The van der Waals surface area contributed by atoms with E-state index in [1.54, 1.807) is 0 Å². The highest BCUT2D eigenvalue weighted by atomic mass is 16.5. The van der Waals surface area contributed by atoms with Crippen LogP contribution in [0, 0.1) is 0 Å². The van der Waals surface area contributed by atoms with Crippen LogP contribution in [0.4, 0.5) is 0 Å². The van der Waals surface area contributed by atoms with Gasteiger partial charge in [0.05, 0.1) is 26.4 Å². The van der Waals surface area contributed by atoms with E-state index in [0.717, 1.165) is 101 Å². The molecule has 34 heavy (non-hydrogen) atoms. The lowest BCUT2D eigenvalue weighted by atomic mass is 10.1. The molecule has 0 fully saturated rings. The molecule has 0 aliphatic carbocycles. The Morgan fingerprint density at radius 2 is 0.647 bits per heavy atom. The molecule has 0 unspecified atom stereocenters. The lowest BCUT2D eigenvalue weighted by molar-refractivity contribution is -0.140. The molecular formula is C26H42O8. The first-order valence-corrected chi connectivity index (χ1v) is 12.5. The Hall–Kier alpha value is -2.64. The van der Waals surface area contributed by atoms with Crippen molar-refractivity contribution in [3.05, 3.63) is 24.3 Å². The molecule has 0 radical (unpaired) electrons. The molecule has 0 spiro atoms. The van der Waals surface area contributed by atoms with Gasteiger partial charge in [-0.3, -0.25) is 0 Å². The topological polar surface area (TPSA) is 105 Å². The summed E-state index contributed by atoms with van der Waals surface area (Å²) in [4.78, 5) is 45.7. The Kier molecular flexibility index (Phi) is 21.7. The second kappa shape index (κ2) is 23.5. The minimum absolute atomic E-state index is 0.338. The van der Waals surface area contributed by atoms with Crippen LogP contribution in [0.5, 0.6) is 0 Å². The summed E-state index contributed by atoms with van der Waals surface area (Å²) < 4.78 is 19.9. The molecule has 8 heteroatoms. The maximum atomic E-state index is 11.5. The SMILES string of the molecule is CCCCOC(=O)/C=C\C(=O)OCCCCCCCCCCOC(=O)/C=C\C(=O)OCCCC. The summed E-state index contributed by atoms with van der Waals surface area (Å²) in [6.07, 6.45) is 15.7. The van der Waals surface area contributed by atoms with Gasteiger partial charge in [-0.2, -0.15) is 0 Å². The standard InChI is InChI=1S/C26H42O8/c1-3-5-19-31-23(27)15-17-25(29)33-21-13-11-9-7-8-10-12-14-22-34-26(30)18-16-24(28)32-20-6-4-2/h15-18H,3-14,19-22H2,1-2H3/b17-15-,18-16-. The predicted molar refractivity (Wildman–Crippen MR) is 129 cm³/mol. The number of ether oxygens (including phenoxy) is 4. The molecule has 0 amide bonds. The molecule has 0 aromatic carbocycles. The molecule has 0 aliphatic heterocycles. The van der Waals surface area contributed by atoms with Gasteiger partial charge in [0.15, 0.2) is 0 Å². The van der Waals surface area contributed by atoms with Crippen LogP contribution in [-0.4, -0.2) is 50.3 Å². The third-order valence-electron chi connectivity index (χ3n) is 4.72. The lowest BCUT2D eigenvalue weighted by Gasteiger charge is -2.04. The first kappa shape index (κ1) is 31.4. The molecule has 0 saturated carbocycles. The average Bonchev–Trinajstić information content (AvgIpc) is 2.82. The van der Waals surface area contributed by atoms with Crippen molar-refractivity contribution in [2.24, 2.45) is 0 Å². The van der Waals surface area contributed by atoms with Crippen molar-refractivity contribution in [2.45, 2.75) is 90.9 Å². The van der Waals surface area contributed by atoms with Crippen molar-refractivity contribution in [1.29, 1.82) is 0 Å². The van der Waals surface area contributed by atoms with Crippen LogP contribution in [0.25, 0.3) is 0 Å². The largest absolute Gasteiger partial charge is 0.463 e. The van der Waals surface area contributed by atoms with Gasteiger partial charge in [-0.25, -0.2) is 19.2 Å². The van der Waals surface area contributed by atoms with Gasteiger partial charge in [0.2, 0.25) is 0 Å². The fourth-order valence-electron chi connectivity index (χ4n) is 2.71. The summed E-state index contributed by atoms with van der Waals surface area (Å²) in [5.74, 6) is -2.12. The number of carbonyl (C=O) groups is 4. The Bertz CT molecular complexity index is 570. The zero-order valence-corrected chi connectivity index (χ0v) is 20.9. The van der Waals surface area contributed by atoms with Crippen LogP contribution < -0.4 is 0 Å². The van der Waals surface area contributed by atoms with Crippen molar-refractivity contribution >= 4 is 23.9 Å². The molecule has 0 saturated heterocycles. The van der Waals surface area contributed by atoms with Crippen LogP contribution >= 0.6 is 0 Å². The van der Waals surface area contributed by atoms with E-state index in [1.165, 1.54) is 0 Å². The Morgan fingerprint density at radius 3 is 0.912 bits per heavy atom. The summed E-state index contributed by atoms with van der Waals surface area (Å²) in [5.41, 5.74) is 0. The van der Waals surface area contributed by atoms with Crippen molar-refractivity contribution in [1.82, 2.24) is 0 Å². The molecule has 8 nitrogen and oxygen atoms in total. The molecule has 0 N–H and O–H groups in total. The molecule has 0 rings (SSSR count). The highest BCUT2D eigenvalue weighted by molar-refractivity contribution is 5.92.